The molecule has 0 aliphatic carbocycles. The van der Waals surface area contributed by atoms with Crippen LogP contribution < -0.4 is 10.1 Å². The minimum atomic E-state index is -0.135. The lowest BCUT2D eigenvalue weighted by molar-refractivity contribution is 0.0948. The van der Waals surface area contributed by atoms with Crippen LogP contribution >= 0.6 is 11.3 Å². The smallest absolute Gasteiger partial charge is 0.255 e. The number of ether oxygens (including phenoxy) is 1. The predicted octanol–water partition coefficient (Wildman–Crippen LogP) is 3.44. The topological polar surface area (TPSA) is 56.1 Å². The van der Waals surface area contributed by atoms with E-state index >= 15 is 0 Å². The predicted molar refractivity (Wildman–Crippen MR) is 95.5 cm³/mol. The second-order valence-corrected chi connectivity index (χ2v) is 6.07. The highest BCUT2D eigenvalue weighted by Crippen LogP contribution is 2.22. The van der Waals surface area contributed by atoms with Crippen LogP contribution in [0.15, 0.2) is 54.0 Å². The fourth-order valence-electron chi connectivity index (χ4n) is 2.36. The SMILES string of the molecule is CCOc1ccccc1C(=O)NCCn1ccc(-c2cccs2)n1. The third-order valence-electron chi connectivity index (χ3n) is 3.47. The van der Waals surface area contributed by atoms with Gasteiger partial charge in [-0.15, -0.1) is 11.3 Å². The highest BCUT2D eigenvalue weighted by molar-refractivity contribution is 7.13. The molecule has 2 aromatic heterocycles. The monoisotopic (exact) mass is 341 g/mol. The van der Waals surface area contributed by atoms with E-state index in [4.69, 9.17) is 4.74 Å². The number of carbonyl (C=O) groups excluding carboxylic acids is 1. The number of amides is 1. The van der Waals surface area contributed by atoms with Crippen LogP contribution in [0.2, 0.25) is 0 Å². The largest absolute Gasteiger partial charge is 0.493 e. The molecule has 6 heteroatoms. The molecule has 1 amide bonds. The standard InChI is InChI=1S/C18H19N3O2S/c1-2-23-16-7-4-3-6-14(16)18(22)19-10-12-21-11-9-15(20-21)17-8-5-13-24-17/h3-9,11,13H,2,10,12H2,1H3,(H,19,22). The number of carbonyl (C=O) groups is 1. The Balaban J connectivity index is 1.56. The van der Waals surface area contributed by atoms with Crippen LogP contribution in [-0.4, -0.2) is 28.8 Å². The number of nitrogens with zero attached hydrogens (tertiary/aromatic N) is 2. The summed E-state index contributed by atoms with van der Waals surface area (Å²) < 4.78 is 7.33. The first-order chi connectivity index (χ1) is 11.8. The summed E-state index contributed by atoms with van der Waals surface area (Å²) in [5.74, 6) is 0.473. The summed E-state index contributed by atoms with van der Waals surface area (Å²) in [4.78, 5) is 13.4. The van der Waals surface area contributed by atoms with Gasteiger partial charge < -0.3 is 10.1 Å². The van der Waals surface area contributed by atoms with Crippen LogP contribution in [0.5, 0.6) is 5.75 Å². The molecule has 0 aliphatic rings. The quantitative estimate of drug-likeness (QED) is 0.716. The summed E-state index contributed by atoms with van der Waals surface area (Å²) in [5.41, 5.74) is 1.51. The van der Waals surface area contributed by atoms with E-state index in [0.29, 0.717) is 31.0 Å². The third-order valence-corrected chi connectivity index (χ3v) is 4.36. The molecule has 0 saturated carbocycles. The van der Waals surface area contributed by atoms with Crippen molar-refractivity contribution in [1.82, 2.24) is 15.1 Å². The Kier molecular flexibility index (Phi) is 5.28. The van der Waals surface area contributed by atoms with E-state index in [-0.39, 0.29) is 5.91 Å². The van der Waals surface area contributed by atoms with Crippen LogP contribution in [0.3, 0.4) is 0 Å². The molecule has 1 aromatic carbocycles. The lowest BCUT2D eigenvalue weighted by atomic mass is 10.2. The summed E-state index contributed by atoms with van der Waals surface area (Å²) >= 11 is 1.66. The Morgan fingerprint density at radius 1 is 1.25 bits per heavy atom. The van der Waals surface area contributed by atoms with Gasteiger partial charge in [0.05, 0.1) is 23.6 Å². The molecule has 0 unspecified atom stereocenters. The van der Waals surface area contributed by atoms with E-state index in [1.165, 1.54) is 0 Å². The summed E-state index contributed by atoms with van der Waals surface area (Å²) in [6.07, 6.45) is 1.93. The van der Waals surface area contributed by atoms with Crippen molar-refractivity contribution in [3.05, 3.63) is 59.6 Å². The van der Waals surface area contributed by atoms with Crippen LogP contribution in [-0.2, 0) is 6.54 Å². The molecule has 0 saturated heterocycles. The van der Waals surface area contributed by atoms with Crippen molar-refractivity contribution in [2.24, 2.45) is 0 Å². The van der Waals surface area contributed by atoms with Crippen LogP contribution in [0, 0.1) is 0 Å². The molecule has 0 spiro atoms. The Bertz CT molecular complexity index is 796. The number of nitrogens with one attached hydrogen (secondary N) is 1. The van der Waals surface area contributed by atoms with Crippen molar-refractivity contribution in [1.29, 1.82) is 0 Å². The first-order valence-corrected chi connectivity index (χ1v) is 8.73. The number of thiophene rings is 1. The number of hydrogen-bond donors (Lipinski definition) is 1. The number of rotatable bonds is 7. The first-order valence-electron chi connectivity index (χ1n) is 7.85. The normalized spacial score (nSPS) is 10.5. The molecule has 0 fully saturated rings. The Labute approximate surface area is 144 Å². The highest BCUT2D eigenvalue weighted by atomic mass is 32.1. The van der Waals surface area contributed by atoms with E-state index in [9.17, 15) is 4.79 Å². The van der Waals surface area contributed by atoms with E-state index in [0.717, 1.165) is 10.6 Å². The van der Waals surface area contributed by atoms with Crippen molar-refractivity contribution in [2.45, 2.75) is 13.5 Å². The van der Waals surface area contributed by atoms with Crippen LogP contribution in [0.4, 0.5) is 0 Å². The molecular formula is C18H19N3O2S. The molecule has 0 atom stereocenters. The van der Waals surface area contributed by atoms with Gasteiger partial charge in [-0.05, 0) is 36.6 Å². The van der Waals surface area contributed by atoms with Gasteiger partial charge in [-0.25, -0.2) is 0 Å². The first kappa shape index (κ1) is 16.3. The van der Waals surface area contributed by atoms with Crippen molar-refractivity contribution >= 4 is 17.2 Å². The van der Waals surface area contributed by atoms with E-state index < -0.39 is 0 Å². The van der Waals surface area contributed by atoms with Gasteiger partial charge in [-0.3, -0.25) is 9.48 Å². The molecule has 124 valence electrons. The zero-order chi connectivity index (χ0) is 16.8. The minimum absolute atomic E-state index is 0.135. The number of aromatic nitrogens is 2. The maximum atomic E-state index is 12.3. The average molecular weight is 341 g/mol. The summed E-state index contributed by atoms with van der Waals surface area (Å²) in [5, 5.41) is 9.47. The van der Waals surface area contributed by atoms with Gasteiger partial charge in [0.25, 0.3) is 5.91 Å². The van der Waals surface area contributed by atoms with Gasteiger partial charge in [0, 0.05) is 12.7 Å². The van der Waals surface area contributed by atoms with Crippen molar-refractivity contribution in [3.8, 4) is 16.3 Å². The zero-order valence-electron chi connectivity index (χ0n) is 13.4. The van der Waals surface area contributed by atoms with Crippen molar-refractivity contribution in [2.75, 3.05) is 13.2 Å². The molecule has 2 heterocycles. The minimum Gasteiger partial charge on any atom is -0.493 e. The van der Waals surface area contributed by atoms with E-state index in [2.05, 4.69) is 10.4 Å². The molecule has 0 radical (unpaired) electrons. The van der Waals surface area contributed by atoms with Crippen LogP contribution in [0.1, 0.15) is 17.3 Å². The molecule has 0 aliphatic heterocycles. The second kappa shape index (κ2) is 7.79. The lowest BCUT2D eigenvalue weighted by Gasteiger charge is -2.10. The van der Waals surface area contributed by atoms with Gasteiger partial charge in [0.15, 0.2) is 0 Å². The third kappa shape index (κ3) is 3.83. The van der Waals surface area contributed by atoms with Gasteiger partial charge in [-0.2, -0.15) is 5.10 Å². The summed E-state index contributed by atoms with van der Waals surface area (Å²) in [6.45, 7) is 3.55. The Morgan fingerprint density at radius 2 is 2.12 bits per heavy atom. The maximum Gasteiger partial charge on any atom is 0.255 e. The van der Waals surface area contributed by atoms with Crippen molar-refractivity contribution in [3.63, 3.8) is 0 Å². The molecular weight excluding hydrogens is 322 g/mol. The molecule has 1 N–H and O–H groups in total. The molecule has 24 heavy (non-hydrogen) atoms. The van der Waals surface area contributed by atoms with Gasteiger partial charge in [0.2, 0.25) is 0 Å². The summed E-state index contributed by atoms with van der Waals surface area (Å²) in [7, 11) is 0. The van der Waals surface area contributed by atoms with Gasteiger partial charge >= 0.3 is 0 Å². The maximum absolute atomic E-state index is 12.3. The van der Waals surface area contributed by atoms with Crippen LogP contribution in [0.25, 0.3) is 10.6 Å². The highest BCUT2D eigenvalue weighted by Gasteiger charge is 2.11. The zero-order valence-corrected chi connectivity index (χ0v) is 14.3. The fraction of sp³-hybridized carbons (Fsp3) is 0.222. The molecule has 3 aromatic rings. The molecule has 3 rings (SSSR count). The average Bonchev–Trinajstić information content (AvgIpc) is 3.27. The lowest BCUT2D eigenvalue weighted by Crippen LogP contribution is -2.27. The molecule has 0 bridgehead atoms. The van der Waals surface area contributed by atoms with Gasteiger partial charge in [0.1, 0.15) is 11.4 Å². The van der Waals surface area contributed by atoms with E-state index in [1.807, 2.05) is 53.5 Å². The molecule has 5 nitrogen and oxygen atoms in total. The number of para-hydroxylation sites is 1. The van der Waals surface area contributed by atoms with Crippen molar-refractivity contribution < 1.29 is 9.53 Å². The van der Waals surface area contributed by atoms with Gasteiger partial charge in [-0.1, -0.05) is 18.2 Å². The Morgan fingerprint density at radius 3 is 2.92 bits per heavy atom. The fourth-order valence-corrected chi connectivity index (χ4v) is 3.05. The second-order valence-electron chi connectivity index (χ2n) is 5.13. The van der Waals surface area contributed by atoms with E-state index in [1.54, 1.807) is 23.5 Å². The number of benzene rings is 1. The number of hydrogen-bond acceptors (Lipinski definition) is 4. The summed E-state index contributed by atoms with van der Waals surface area (Å²) in [6, 6.07) is 13.3. The Hall–Kier alpha value is -2.60.